The van der Waals surface area contributed by atoms with E-state index in [4.69, 9.17) is 5.84 Å². The van der Waals surface area contributed by atoms with Crippen molar-refractivity contribution >= 4 is 23.8 Å². The highest BCUT2D eigenvalue weighted by Crippen LogP contribution is 2.60. The summed E-state index contributed by atoms with van der Waals surface area (Å²) < 4.78 is 0. The molecule has 0 spiro atoms. The first kappa shape index (κ1) is 31.8. The SMILES string of the molecule is C/C=C(/C(C=NCC(=C=O)NC(CC(C)C)C(=O)O)=N/N)[C@@]1(C)CCC2C(CCC(C)[C@@]2(C)CCCC)C1. The third-order valence-corrected chi connectivity index (χ3v) is 9.59. The number of hydrazone groups is 1. The number of nitrogens with zero attached hydrogens (tertiary/aromatic N) is 2. The van der Waals surface area contributed by atoms with Gasteiger partial charge in [-0.1, -0.05) is 60.5 Å². The van der Waals surface area contributed by atoms with E-state index >= 15 is 0 Å². The Bertz CT molecular complexity index is 949. The van der Waals surface area contributed by atoms with E-state index in [1.54, 1.807) is 6.21 Å². The van der Waals surface area contributed by atoms with Crippen molar-refractivity contribution in [3.05, 3.63) is 17.3 Å². The van der Waals surface area contributed by atoms with Gasteiger partial charge >= 0.3 is 5.97 Å². The van der Waals surface area contributed by atoms with E-state index in [0.717, 1.165) is 30.3 Å². The van der Waals surface area contributed by atoms with E-state index < -0.39 is 12.0 Å². The molecule has 7 nitrogen and oxygen atoms in total. The number of aliphatic carboxylic acids is 1. The number of hydrogen-bond acceptors (Lipinski definition) is 6. The van der Waals surface area contributed by atoms with Gasteiger partial charge in [-0.2, -0.15) is 5.10 Å². The summed E-state index contributed by atoms with van der Waals surface area (Å²) in [5, 5.41) is 16.4. The molecule has 214 valence electrons. The lowest BCUT2D eigenvalue weighted by atomic mass is 9.49. The van der Waals surface area contributed by atoms with Crippen LogP contribution in [0.2, 0.25) is 0 Å². The summed E-state index contributed by atoms with van der Waals surface area (Å²) in [5.74, 6) is 9.07. The minimum Gasteiger partial charge on any atom is -0.480 e. The van der Waals surface area contributed by atoms with Gasteiger partial charge in [-0.15, -0.1) is 0 Å². The van der Waals surface area contributed by atoms with Crippen molar-refractivity contribution < 1.29 is 14.7 Å². The second kappa shape index (κ2) is 14.1. The molecular weight excluding hydrogens is 476 g/mol. The molecule has 2 aliphatic rings. The maximum absolute atomic E-state index is 11.6. The molecule has 0 aromatic carbocycles. The molecule has 2 rings (SSSR count). The van der Waals surface area contributed by atoms with Crippen LogP contribution in [0.4, 0.5) is 0 Å². The molecular formula is C31H52N4O3. The normalized spacial score (nSPS) is 31.1. The minimum atomic E-state index is -0.998. The third kappa shape index (κ3) is 7.59. The third-order valence-electron chi connectivity index (χ3n) is 9.59. The van der Waals surface area contributed by atoms with Crippen LogP contribution in [-0.2, 0) is 9.59 Å². The number of unbranched alkanes of at least 4 members (excludes halogenated alkanes) is 1. The van der Waals surface area contributed by atoms with Crippen molar-refractivity contribution in [3.63, 3.8) is 0 Å². The molecule has 0 heterocycles. The molecule has 2 fully saturated rings. The van der Waals surface area contributed by atoms with Gasteiger partial charge in [0.05, 0.1) is 6.54 Å². The van der Waals surface area contributed by atoms with Crippen LogP contribution >= 0.6 is 0 Å². The number of nitrogens with one attached hydrogen (secondary N) is 1. The largest absolute Gasteiger partial charge is 0.480 e. The maximum atomic E-state index is 11.6. The Hall–Kier alpha value is -2.40. The van der Waals surface area contributed by atoms with Crippen molar-refractivity contribution in [2.45, 2.75) is 112 Å². The Morgan fingerprint density at radius 3 is 2.53 bits per heavy atom. The van der Waals surface area contributed by atoms with Gasteiger partial charge in [0, 0.05) is 6.21 Å². The highest BCUT2D eigenvalue weighted by Gasteiger charge is 2.51. The standard InChI is InChI=1S/C31H52N4O3/c1-8-10-14-31(7)22(5)11-12-23-17-30(6,15-13-26(23)31)25(9-2)28(35-32)19-33-18-24(20-36)34-27(29(37)38)16-21(3)4/h9,19,21-23,26-27,34H,8,10-18,32H2,1-7H3,(H,37,38)/b25-9-,33-19?,35-28+/t22?,23?,26?,27?,30-,31+/m0/s1. The highest BCUT2D eigenvalue weighted by atomic mass is 16.4. The fourth-order valence-electron chi connectivity index (χ4n) is 7.31. The van der Waals surface area contributed by atoms with Gasteiger partial charge in [0.1, 0.15) is 23.4 Å². The van der Waals surface area contributed by atoms with Crippen LogP contribution in [0.15, 0.2) is 27.4 Å². The molecule has 7 heteroatoms. The average Bonchev–Trinajstić information content (AvgIpc) is 2.87. The van der Waals surface area contributed by atoms with Crippen molar-refractivity contribution in [3.8, 4) is 0 Å². The Balaban J connectivity index is 2.15. The second-order valence-corrected chi connectivity index (χ2v) is 12.7. The first-order valence-electron chi connectivity index (χ1n) is 14.6. The molecule has 0 radical (unpaired) electrons. The van der Waals surface area contributed by atoms with E-state index in [2.05, 4.69) is 49.2 Å². The zero-order valence-electron chi connectivity index (χ0n) is 24.8. The number of allylic oxidation sites excluding steroid dienone is 2. The van der Waals surface area contributed by atoms with Gasteiger partial charge < -0.3 is 16.3 Å². The topological polar surface area (TPSA) is 117 Å². The monoisotopic (exact) mass is 528 g/mol. The second-order valence-electron chi connectivity index (χ2n) is 12.7. The van der Waals surface area contributed by atoms with Crippen LogP contribution in [-0.4, -0.2) is 41.5 Å². The van der Waals surface area contributed by atoms with Gasteiger partial charge in [-0.25, -0.2) is 9.59 Å². The van der Waals surface area contributed by atoms with E-state index in [-0.39, 0.29) is 23.6 Å². The maximum Gasteiger partial charge on any atom is 0.326 e. The van der Waals surface area contributed by atoms with E-state index in [0.29, 0.717) is 23.5 Å². The minimum absolute atomic E-state index is 0.00350. The lowest BCUT2D eigenvalue weighted by molar-refractivity contribution is -0.139. The predicted octanol–water partition coefficient (Wildman–Crippen LogP) is 6.17. The number of carboxylic acid groups (broad SMARTS) is 1. The van der Waals surface area contributed by atoms with Gasteiger partial charge in [-0.05, 0) is 91.9 Å². The van der Waals surface area contributed by atoms with E-state index in [1.807, 2.05) is 26.7 Å². The number of carbonyl (C=O) groups excluding carboxylic acids is 1. The smallest absolute Gasteiger partial charge is 0.326 e. The fourth-order valence-corrected chi connectivity index (χ4v) is 7.31. The Morgan fingerprint density at radius 2 is 1.97 bits per heavy atom. The first-order valence-corrected chi connectivity index (χ1v) is 14.6. The molecule has 6 atom stereocenters. The highest BCUT2D eigenvalue weighted by molar-refractivity contribution is 6.38. The Labute approximate surface area is 230 Å². The summed E-state index contributed by atoms with van der Waals surface area (Å²) in [6, 6.07) is -0.856. The molecule has 0 aromatic heterocycles. The van der Waals surface area contributed by atoms with Crippen LogP contribution in [0.1, 0.15) is 106 Å². The zero-order chi connectivity index (χ0) is 28.5. The summed E-state index contributed by atoms with van der Waals surface area (Å²) in [6.07, 6.45) is 14.0. The quantitative estimate of drug-likeness (QED) is 0.114. The van der Waals surface area contributed by atoms with Crippen LogP contribution in [0.5, 0.6) is 0 Å². The molecule has 38 heavy (non-hydrogen) atoms. The summed E-state index contributed by atoms with van der Waals surface area (Å²) >= 11 is 0. The van der Waals surface area contributed by atoms with Crippen molar-refractivity contribution in [2.75, 3.05) is 6.54 Å². The Morgan fingerprint density at radius 1 is 1.26 bits per heavy atom. The summed E-state index contributed by atoms with van der Waals surface area (Å²) in [4.78, 5) is 27.5. The van der Waals surface area contributed by atoms with Crippen LogP contribution in [0, 0.1) is 34.5 Å². The van der Waals surface area contributed by atoms with Gasteiger partial charge in [0.15, 0.2) is 0 Å². The molecule has 0 aliphatic heterocycles. The van der Waals surface area contributed by atoms with Gasteiger partial charge in [0.25, 0.3) is 0 Å². The number of carboxylic acids is 1. The molecule has 4 N–H and O–H groups in total. The number of nitrogens with two attached hydrogens (primary N) is 1. The van der Waals surface area contributed by atoms with E-state index in [9.17, 15) is 14.7 Å². The van der Waals surface area contributed by atoms with E-state index in [1.165, 1.54) is 38.5 Å². The van der Waals surface area contributed by atoms with Crippen molar-refractivity contribution in [2.24, 2.45) is 50.4 Å². The first-order chi connectivity index (χ1) is 17.9. The molecule has 4 unspecified atom stereocenters. The fraction of sp³-hybridized carbons (Fsp3) is 0.774. The van der Waals surface area contributed by atoms with Crippen LogP contribution < -0.4 is 11.2 Å². The number of carbonyl (C=O) groups is 1. The lowest BCUT2D eigenvalue weighted by Gasteiger charge is -2.56. The number of aliphatic imine (C=N–C) groups is 1. The molecule has 0 aromatic rings. The lowest BCUT2D eigenvalue weighted by Crippen LogP contribution is -2.48. The predicted molar refractivity (Wildman–Crippen MR) is 157 cm³/mol. The van der Waals surface area contributed by atoms with Gasteiger partial charge in [-0.3, -0.25) is 4.99 Å². The molecule has 2 saturated carbocycles. The summed E-state index contributed by atoms with van der Waals surface area (Å²) in [7, 11) is 0. The number of hydrogen-bond donors (Lipinski definition) is 3. The average molecular weight is 529 g/mol. The summed E-state index contributed by atoms with van der Waals surface area (Å²) in [6.45, 7) is 15.5. The van der Waals surface area contributed by atoms with Gasteiger partial charge in [0.2, 0.25) is 0 Å². The molecule has 0 amide bonds. The zero-order valence-corrected chi connectivity index (χ0v) is 24.8. The number of fused-ring (bicyclic) bond motifs is 1. The van der Waals surface area contributed by atoms with Crippen molar-refractivity contribution in [1.82, 2.24) is 5.32 Å². The summed E-state index contributed by atoms with van der Waals surface area (Å²) in [5.41, 5.74) is 2.20. The van der Waals surface area contributed by atoms with Crippen molar-refractivity contribution in [1.29, 1.82) is 0 Å². The molecule has 0 saturated heterocycles. The van der Waals surface area contributed by atoms with Crippen LogP contribution in [0.25, 0.3) is 0 Å². The number of rotatable bonds is 13. The molecule has 2 aliphatic carbocycles. The molecule has 0 bridgehead atoms. The van der Waals surface area contributed by atoms with Crippen LogP contribution in [0.3, 0.4) is 0 Å². The Kier molecular flexibility index (Phi) is 11.8.